The van der Waals surface area contributed by atoms with Crippen molar-refractivity contribution in [2.45, 2.75) is 39.0 Å². The smallest absolute Gasteiger partial charge is 0.133 e. The van der Waals surface area contributed by atoms with Gasteiger partial charge in [-0.2, -0.15) is 0 Å². The van der Waals surface area contributed by atoms with Gasteiger partial charge in [0.2, 0.25) is 0 Å². The van der Waals surface area contributed by atoms with Crippen molar-refractivity contribution in [1.29, 1.82) is 0 Å². The lowest BCUT2D eigenvalue weighted by atomic mass is 10.2. The molecule has 0 aromatic carbocycles. The number of aryl methyl sites for hydroxylation is 2. The number of rotatable bonds is 6. The molecule has 2 rings (SSSR count). The molecule has 0 aliphatic heterocycles. The summed E-state index contributed by atoms with van der Waals surface area (Å²) in [7, 11) is 1.73. The van der Waals surface area contributed by atoms with Gasteiger partial charge in [0.25, 0.3) is 0 Å². The molecule has 1 aliphatic rings. The second kappa shape index (κ2) is 5.96. The maximum atomic E-state index is 5.06. The Labute approximate surface area is 103 Å². The van der Waals surface area contributed by atoms with E-state index in [2.05, 4.69) is 22.2 Å². The monoisotopic (exact) mass is 235 g/mol. The number of nitrogens with one attached hydrogen (secondary N) is 1. The maximum Gasteiger partial charge on any atom is 0.133 e. The number of ether oxygens (including phenoxy) is 1. The van der Waals surface area contributed by atoms with E-state index in [0.717, 1.165) is 50.5 Å². The van der Waals surface area contributed by atoms with Crippen LogP contribution in [0.25, 0.3) is 0 Å². The zero-order chi connectivity index (χ0) is 12.1. The number of fused-ring (bicyclic) bond motifs is 1. The van der Waals surface area contributed by atoms with E-state index in [1.54, 1.807) is 7.11 Å². The van der Waals surface area contributed by atoms with Crippen LogP contribution >= 0.6 is 0 Å². The standard InChI is InChI=1S/C13H21N3O/c1-3-14-13-10-6-4-7-11(10)15-12(16-13)8-5-9-17-2/h3-9H2,1-2H3,(H,14,15,16). The third-order valence-corrected chi connectivity index (χ3v) is 3.07. The zero-order valence-electron chi connectivity index (χ0n) is 10.8. The summed E-state index contributed by atoms with van der Waals surface area (Å²) in [5.74, 6) is 2.01. The molecule has 4 heteroatoms. The molecular weight excluding hydrogens is 214 g/mol. The van der Waals surface area contributed by atoms with E-state index < -0.39 is 0 Å². The summed E-state index contributed by atoms with van der Waals surface area (Å²) in [4.78, 5) is 9.29. The fraction of sp³-hybridized carbons (Fsp3) is 0.692. The first-order valence-electron chi connectivity index (χ1n) is 6.46. The lowest BCUT2D eigenvalue weighted by Crippen LogP contribution is -2.09. The van der Waals surface area contributed by atoms with Gasteiger partial charge < -0.3 is 10.1 Å². The van der Waals surface area contributed by atoms with Crippen LogP contribution in [0.5, 0.6) is 0 Å². The number of methoxy groups -OCH3 is 1. The summed E-state index contributed by atoms with van der Waals surface area (Å²) in [6.07, 6.45) is 5.33. The van der Waals surface area contributed by atoms with Crippen LogP contribution in [0.3, 0.4) is 0 Å². The molecule has 4 nitrogen and oxygen atoms in total. The van der Waals surface area contributed by atoms with Gasteiger partial charge in [-0.3, -0.25) is 0 Å². The number of hydrogen-bond acceptors (Lipinski definition) is 4. The lowest BCUT2D eigenvalue weighted by Gasteiger charge is -2.10. The fourth-order valence-electron chi connectivity index (χ4n) is 2.28. The second-order valence-corrected chi connectivity index (χ2v) is 4.39. The van der Waals surface area contributed by atoms with Crippen molar-refractivity contribution in [3.05, 3.63) is 17.1 Å². The quantitative estimate of drug-likeness (QED) is 0.766. The topological polar surface area (TPSA) is 47.0 Å². The van der Waals surface area contributed by atoms with Crippen molar-refractivity contribution in [3.63, 3.8) is 0 Å². The number of nitrogens with zero attached hydrogens (tertiary/aromatic N) is 2. The second-order valence-electron chi connectivity index (χ2n) is 4.39. The highest BCUT2D eigenvalue weighted by molar-refractivity contribution is 5.48. The molecule has 1 aromatic heterocycles. The van der Waals surface area contributed by atoms with E-state index in [1.165, 1.54) is 17.7 Å². The molecule has 1 N–H and O–H groups in total. The van der Waals surface area contributed by atoms with Crippen LogP contribution in [-0.4, -0.2) is 30.2 Å². The van der Waals surface area contributed by atoms with E-state index >= 15 is 0 Å². The summed E-state index contributed by atoms with van der Waals surface area (Å²) in [6, 6.07) is 0. The number of anilines is 1. The van der Waals surface area contributed by atoms with E-state index in [4.69, 9.17) is 4.74 Å². The Morgan fingerprint density at radius 3 is 2.94 bits per heavy atom. The highest BCUT2D eigenvalue weighted by atomic mass is 16.5. The minimum atomic E-state index is 0.775. The number of hydrogen-bond donors (Lipinski definition) is 1. The first-order chi connectivity index (χ1) is 8.35. The van der Waals surface area contributed by atoms with Crippen molar-refractivity contribution in [3.8, 4) is 0 Å². The van der Waals surface area contributed by atoms with Gasteiger partial charge in [-0.1, -0.05) is 0 Å². The molecule has 0 saturated carbocycles. The first-order valence-corrected chi connectivity index (χ1v) is 6.46. The third kappa shape index (κ3) is 2.94. The van der Waals surface area contributed by atoms with Gasteiger partial charge in [0.1, 0.15) is 11.6 Å². The van der Waals surface area contributed by atoms with Crippen molar-refractivity contribution < 1.29 is 4.74 Å². The molecule has 0 spiro atoms. The van der Waals surface area contributed by atoms with Gasteiger partial charge >= 0.3 is 0 Å². The molecule has 1 aromatic rings. The molecule has 1 heterocycles. The van der Waals surface area contributed by atoms with Crippen LogP contribution in [0.1, 0.15) is 36.8 Å². The molecule has 17 heavy (non-hydrogen) atoms. The van der Waals surface area contributed by atoms with E-state index in [0.29, 0.717) is 0 Å². The van der Waals surface area contributed by atoms with Crippen molar-refractivity contribution in [2.75, 3.05) is 25.6 Å². The largest absolute Gasteiger partial charge is 0.385 e. The minimum Gasteiger partial charge on any atom is -0.385 e. The Balaban J connectivity index is 2.14. The summed E-state index contributed by atoms with van der Waals surface area (Å²) in [6.45, 7) is 3.80. The van der Waals surface area contributed by atoms with E-state index in [9.17, 15) is 0 Å². The molecule has 0 radical (unpaired) electrons. The number of aromatic nitrogens is 2. The normalized spacial score (nSPS) is 13.8. The third-order valence-electron chi connectivity index (χ3n) is 3.07. The minimum absolute atomic E-state index is 0.775. The van der Waals surface area contributed by atoms with Crippen molar-refractivity contribution >= 4 is 5.82 Å². The first kappa shape index (κ1) is 12.3. The van der Waals surface area contributed by atoms with Crippen molar-refractivity contribution in [1.82, 2.24) is 9.97 Å². The van der Waals surface area contributed by atoms with Gasteiger partial charge in [0.05, 0.1) is 0 Å². The lowest BCUT2D eigenvalue weighted by molar-refractivity contribution is 0.194. The summed E-state index contributed by atoms with van der Waals surface area (Å²) >= 11 is 0. The van der Waals surface area contributed by atoms with Crippen molar-refractivity contribution in [2.24, 2.45) is 0 Å². The average Bonchev–Trinajstić information content (AvgIpc) is 2.78. The Morgan fingerprint density at radius 1 is 1.29 bits per heavy atom. The predicted molar refractivity (Wildman–Crippen MR) is 68.4 cm³/mol. The van der Waals surface area contributed by atoms with Gasteiger partial charge in [0.15, 0.2) is 0 Å². The van der Waals surface area contributed by atoms with Gasteiger partial charge in [-0.15, -0.1) is 0 Å². The maximum absolute atomic E-state index is 5.06. The Bertz CT molecular complexity index is 379. The molecule has 0 fully saturated rings. The Kier molecular flexibility index (Phi) is 4.31. The van der Waals surface area contributed by atoms with Gasteiger partial charge in [-0.25, -0.2) is 9.97 Å². The fourth-order valence-corrected chi connectivity index (χ4v) is 2.28. The predicted octanol–water partition coefficient (Wildman–Crippen LogP) is 1.98. The van der Waals surface area contributed by atoms with Gasteiger partial charge in [0, 0.05) is 37.9 Å². The van der Waals surface area contributed by atoms with Gasteiger partial charge in [-0.05, 0) is 32.6 Å². The molecule has 94 valence electrons. The van der Waals surface area contributed by atoms with Crippen LogP contribution in [0.4, 0.5) is 5.82 Å². The molecule has 0 saturated heterocycles. The average molecular weight is 235 g/mol. The van der Waals surface area contributed by atoms with Crippen LogP contribution in [-0.2, 0) is 24.0 Å². The van der Waals surface area contributed by atoms with Crippen LogP contribution < -0.4 is 5.32 Å². The van der Waals surface area contributed by atoms with Crippen LogP contribution in [0.2, 0.25) is 0 Å². The zero-order valence-corrected chi connectivity index (χ0v) is 10.8. The summed E-state index contributed by atoms with van der Waals surface area (Å²) in [5.41, 5.74) is 2.59. The SMILES string of the molecule is CCNc1nc(CCCOC)nc2c1CCC2. The molecule has 0 amide bonds. The Hall–Kier alpha value is -1.16. The molecule has 0 unspecified atom stereocenters. The summed E-state index contributed by atoms with van der Waals surface area (Å²) in [5, 5.41) is 3.36. The summed E-state index contributed by atoms with van der Waals surface area (Å²) < 4.78 is 5.06. The molecule has 0 atom stereocenters. The van der Waals surface area contributed by atoms with Crippen LogP contribution in [0, 0.1) is 0 Å². The van der Waals surface area contributed by atoms with E-state index in [1.807, 2.05) is 0 Å². The Morgan fingerprint density at radius 2 is 2.18 bits per heavy atom. The molecular formula is C13H21N3O. The van der Waals surface area contributed by atoms with Crippen LogP contribution in [0.15, 0.2) is 0 Å². The molecule has 0 bridgehead atoms. The van der Waals surface area contributed by atoms with E-state index in [-0.39, 0.29) is 0 Å². The highest BCUT2D eigenvalue weighted by Gasteiger charge is 2.18. The highest BCUT2D eigenvalue weighted by Crippen LogP contribution is 2.26. The molecule has 1 aliphatic carbocycles.